The van der Waals surface area contributed by atoms with E-state index in [-0.39, 0.29) is 0 Å². The zero-order valence-corrected chi connectivity index (χ0v) is 12.9. The van der Waals surface area contributed by atoms with Gasteiger partial charge in [0.25, 0.3) is 0 Å². The summed E-state index contributed by atoms with van der Waals surface area (Å²) < 4.78 is 2.22. The molecule has 0 aromatic carbocycles. The minimum absolute atomic E-state index is 0.636. The van der Waals surface area contributed by atoms with E-state index in [0.717, 1.165) is 12.5 Å². The maximum Gasteiger partial charge on any atom is 0.0762 e. The number of hydrogen-bond donors (Lipinski definition) is 1. The molecule has 3 nitrogen and oxygen atoms in total. The smallest absolute Gasteiger partial charge is 0.0762 e. The quantitative estimate of drug-likeness (QED) is 0.878. The second-order valence-corrected chi connectivity index (χ2v) is 6.79. The van der Waals surface area contributed by atoms with E-state index in [1.807, 2.05) is 0 Å². The van der Waals surface area contributed by atoms with E-state index in [2.05, 4.69) is 29.2 Å². The van der Waals surface area contributed by atoms with Gasteiger partial charge in [-0.25, -0.2) is 0 Å². The van der Waals surface area contributed by atoms with Gasteiger partial charge in [-0.2, -0.15) is 5.10 Å². The summed E-state index contributed by atoms with van der Waals surface area (Å²) in [7, 11) is 0. The maximum absolute atomic E-state index is 4.79. The first-order valence-electron chi connectivity index (χ1n) is 8.60. The lowest BCUT2D eigenvalue weighted by Gasteiger charge is -2.22. The number of rotatable bonds is 5. The van der Waals surface area contributed by atoms with Gasteiger partial charge < -0.3 is 5.32 Å². The predicted molar refractivity (Wildman–Crippen MR) is 82.6 cm³/mol. The molecule has 0 saturated heterocycles. The van der Waals surface area contributed by atoms with Crippen LogP contribution < -0.4 is 5.32 Å². The average Bonchev–Trinajstić information content (AvgIpc) is 3.17. The van der Waals surface area contributed by atoms with Crippen molar-refractivity contribution in [1.82, 2.24) is 15.1 Å². The summed E-state index contributed by atoms with van der Waals surface area (Å²) >= 11 is 0. The summed E-state index contributed by atoms with van der Waals surface area (Å²) in [5, 5.41) is 8.47. The molecule has 2 aliphatic rings. The Labute approximate surface area is 123 Å². The van der Waals surface area contributed by atoms with Gasteiger partial charge in [0.2, 0.25) is 0 Å². The monoisotopic (exact) mass is 275 g/mol. The van der Waals surface area contributed by atoms with Gasteiger partial charge in [-0.05, 0) is 44.6 Å². The largest absolute Gasteiger partial charge is 0.308 e. The van der Waals surface area contributed by atoms with E-state index in [9.17, 15) is 0 Å². The van der Waals surface area contributed by atoms with Crippen molar-refractivity contribution in [3.63, 3.8) is 0 Å². The summed E-state index contributed by atoms with van der Waals surface area (Å²) in [6.45, 7) is 3.27. The molecular formula is C17H29N3. The van der Waals surface area contributed by atoms with E-state index >= 15 is 0 Å². The highest BCUT2D eigenvalue weighted by molar-refractivity contribution is 5.00. The molecule has 0 spiro atoms. The molecule has 2 saturated carbocycles. The van der Waals surface area contributed by atoms with Gasteiger partial charge in [0.15, 0.2) is 0 Å². The molecular weight excluding hydrogens is 246 g/mol. The van der Waals surface area contributed by atoms with E-state index in [4.69, 9.17) is 5.10 Å². The van der Waals surface area contributed by atoms with Crippen LogP contribution in [0.3, 0.4) is 0 Å². The summed E-state index contributed by atoms with van der Waals surface area (Å²) in [6, 6.07) is 3.49. The van der Waals surface area contributed by atoms with Crippen molar-refractivity contribution in [3.05, 3.63) is 18.0 Å². The summed E-state index contributed by atoms with van der Waals surface area (Å²) in [4.78, 5) is 0. The van der Waals surface area contributed by atoms with E-state index < -0.39 is 0 Å². The summed E-state index contributed by atoms with van der Waals surface area (Å²) in [5.74, 6) is 0.885. The molecule has 20 heavy (non-hydrogen) atoms. The molecule has 2 fully saturated rings. The van der Waals surface area contributed by atoms with Gasteiger partial charge in [-0.15, -0.1) is 0 Å². The molecule has 3 rings (SSSR count). The van der Waals surface area contributed by atoms with Crippen LogP contribution in [0.4, 0.5) is 0 Å². The standard InChI is InChI=1S/C17H29N3/c1-14(15-7-5-6-8-15)18-13-16-11-12-20(19-16)17-9-3-2-4-10-17/h11-12,14-15,17-18H,2-10,13H2,1H3/t14-/m1/s1. The lowest BCUT2D eigenvalue weighted by molar-refractivity contribution is 0.326. The van der Waals surface area contributed by atoms with Crippen molar-refractivity contribution >= 4 is 0 Å². The van der Waals surface area contributed by atoms with Crippen LogP contribution >= 0.6 is 0 Å². The fraction of sp³-hybridized carbons (Fsp3) is 0.824. The van der Waals surface area contributed by atoms with E-state index in [1.165, 1.54) is 63.5 Å². The Morgan fingerprint density at radius 2 is 1.85 bits per heavy atom. The van der Waals surface area contributed by atoms with Crippen molar-refractivity contribution in [3.8, 4) is 0 Å². The molecule has 3 heteroatoms. The van der Waals surface area contributed by atoms with Crippen LogP contribution in [-0.2, 0) is 6.54 Å². The zero-order chi connectivity index (χ0) is 13.8. The van der Waals surface area contributed by atoms with Crippen molar-refractivity contribution < 1.29 is 0 Å². The molecule has 0 radical (unpaired) electrons. The SMILES string of the molecule is C[C@@H](NCc1ccn(C2CCCCC2)n1)C1CCCC1. The molecule has 1 aromatic rings. The Bertz CT molecular complexity index is 400. The second-order valence-electron chi connectivity index (χ2n) is 6.79. The zero-order valence-electron chi connectivity index (χ0n) is 12.9. The third-order valence-electron chi connectivity index (χ3n) is 5.32. The first kappa shape index (κ1) is 14.1. The lowest BCUT2D eigenvalue weighted by Crippen LogP contribution is -2.31. The minimum Gasteiger partial charge on any atom is -0.308 e. The molecule has 1 aromatic heterocycles. The molecule has 0 unspecified atom stereocenters. The van der Waals surface area contributed by atoms with Crippen LogP contribution in [0.5, 0.6) is 0 Å². The lowest BCUT2D eigenvalue weighted by atomic mass is 9.96. The first-order valence-corrected chi connectivity index (χ1v) is 8.60. The number of aromatic nitrogens is 2. The highest BCUT2D eigenvalue weighted by Crippen LogP contribution is 2.28. The molecule has 0 aliphatic heterocycles. The Morgan fingerprint density at radius 1 is 1.15 bits per heavy atom. The third-order valence-corrected chi connectivity index (χ3v) is 5.32. The molecule has 1 N–H and O–H groups in total. The molecule has 0 amide bonds. The Hall–Kier alpha value is -0.830. The molecule has 1 atom stereocenters. The fourth-order valence-corrected chi connectivity index (χ4v) is 3.91. The van der Waals surface area contributed by atoms with Crippen molar-refractivity contribution in [2.24, 2.45) is 5.92 Å². The van der Waals surface area contributed by atoms with Gasteiger partial charge in [0.05, 0.1) is 11.7 Å². The molecule has 0 bridgehead atoms. The van der Waals surface area contributed by atoms with Gasteiger partial charge >= 0.3 is 0 Å². The number of hydrogen-bond acceptors (Lipinski definition) is 2. The highest BCUT2D eigenvalue weighted by atomic mass is 15.3. The van der Waals surface area contributed by atoms with Gasteiger partial charge in [0, 0.05) is 18.8 Å². The number of nitrogens with one attached hydrogen (secondary N) is 1. The van der Waals surface area contributed by atoms with Crippen molar-refractivity contribution in [1.29, 1.82) is 0 Å². The summed E-state index contributed by atoms with van der Waals surface area (Å²) in [5.41, 5.74) is 1.21. The molecule has 1 heterocycles. The number of nitrogens with zero attached hydrogens (tertiary/aromatic N) is 2. The molecule has 2 aliphatic carbocycles. The van der Waals surface area contributed by atoms with Crippen molar-refractivity contribution in [2.45, 2.75) is 83.3 Å². The van der Waals surface area contributed by atoms with Crippen LogP contribution in [0.25, 0.3) is 0 Å². The normalized spacial score (nSPS) is 23.2. The topological polar surface area (TPSA) is 29.9 Å². The summed E-state index contributed by atoms with van der Waals surface area (Å²) in [6.07, 6.45) is 14.6. The Balaban J connectivity index is 1.49. The van der Waals surface area contributed by atoms with Crippen molar-refractivity contribution in [2.75, 3.05) is 0 Å². The second kappa shape index (κ2) is 6.75. The van der Waals surface area contributed by atoms with Crippen LogP contribution in [0.2, 0.25) is 0 Å². The molecule has 112 valence electrons. The Kier molecular flexibility index (Phi) is 4.77. The van der Waals surface area contributed by atoms with Crippen LogP contribution in [0.15, 0.2) is 12.3 Å². The fourth-order valence-electron chi connectivity index (χ4n) is 3.91. The van der Waals surface area contributed by atoms with Gasteiger partial charge in [-0.3, -0.25) is 4.68 Å². The predicted octanol–water partition coefficient (Wildman–Crippen LogP) is 4.06. The van der Waals surface area contributed by atoms with Crippen LogP contribution in [-0.4, -0.2) is 15.8 Å². The van der Waals surface area contributed by atoms with E-state index in [0.29, 0.717) is 12.1 Å². The third kappa shape index (κ3) is 3.43. The minimum atomic E-state index is 0.636. The van der Waals surface area contributed by atoms with E-state index in [1.54, 1.807) is 0 Å². The highest BCUT2D eigenvalue weighted by Gasteiger charge is 2.21. The first-order chi connectivity index (χ1) is 9.83. The average molecular weight is 275 g/mol. The van der Waals surface area contributed by atoms with Crippen LogP contribution in [0.1, 0.15) is 76.4 Å². The maximum atomic E-state index is 4.79. The van der Waals surface area contributed by atoms with Gasteiger partial charge in [-0.1, -0.05) is 32.1 Å². The van der Waals surface area contributed by atoms with Gasteiger partial charge in [0.1, 0.15) is 0 Å². The van der Waals surface area contributed by atoms with Crippen LogP contribution in [0, 0.1) is 5.92 Å². The Morgan fingerprint density at radius 3 is 2.60 bits per heavy atom.